The van der Waals surface area contributed by atoms with Crippen LogP contribution in [0.2, 0.25) is 5.02 Å². The van der Waals surface area contributed by atoms with Crippen LogP contribution < -0.4 is 4.90 Å². The van der Waals surface area contributed by atoms with Crippen molar-refractivity contribution in [2.75, 3.05) is 18.0 Å². The van der Waals surface area contributed by atoms with E-state index in [1.54, 1.807) is 6.07 Å². The summed E-state index contributed by atoms with van der Waals surface area (Å²) in [6.07, 6.45) is 1.97. The maximum atomic E-state index is 14.4. The number of nitrogens with zero attached hydrogens (tertiary/aromatic N) is 3. The highest BCUT2D eigenvalue weighted by atomic mass is 35.5. The lowest BCUT2D eigenvalue weighted by atomic mass is 9.86. The second-order valence-electron chi connectivity index (χ2n) is 8.24. The number of hydrogen-bond donors (Lipinski definition) is 0. The van der Waals surface area contributed by atoms with Gasteiger partial charge in [0.15, 0.2) is 5.82 Å². The molecule has 0 amide bonds. The summed E-state index contributed by atoms with van der Waals surface area (Å²) in [5.74, 6) is -0.977. The van der Waals surface area contributed by atoms with E-state index in [4.69, 9.17) is 16.3 Å². The Bertz CT molecular complexity index is 965. The average molecular weight is 404 g/mol. The number of pyridine rings is 1. The van der Waals surface area contributed by atoms with Gasteiger partial charge < -0.3 is 9.64 Å². The third kappa shape index (κ3) is 3.90. The Morgan fingerprint density at radius 3 is 2.75 bits per heavy atom. The molecule has 0 saturated carbocycles. The van der Waals surface area contributed by atoms with Gasteiger partial charge in [0.1, 0.15) is 17.2 Å². The van der Waals surface area contributed by atoms with E-state index >= 15 is 0 Å². The molecule has 5 nitrogen and oxygen atoms in total. The zero-order chi connectivity index (χ0) is 20.6. The molecule has 0 spiro atoms. The van der Waals surface area contributed by atoms with Crippen LogP contribution in [0.5, 0.6) is 0 Å². The maximum absolute atomic E-state index is 14.4. The number of fused-ring (bicyclic) bond motifs is 1. The largest absolute Gasteiger partial charge is 0.460 e. The fraction of sp³-hybridized carbons (Fsp3) is 0.476. The molecule has 2 atom stereocenters. The van der Waals surface area contributed by atoms with Crippen LogP contribution in [0.3, 0.4) is 0 Å². The van der Waals surface area contributed by atoms with Crippen molar-refractivity contribution in [2.24, 2.45) is 11.8 Å². The van der Waals surface area contributed by atoms with Gasteiger partial charge >= 0.3 is 5.97 Å². The summed E-state index contributed by atoms with van der Waals surface area (Å²) in [6, 6.07) is 5.31. The molecule has 0 bridgehead atoms. The van der Waals surface area contributed by atoms with E-state index in [0.717, 1.165) is 0 Å². The Kier molecular flexibility index (Phi) is 5.49. The molecule has 0 radical (unpaired) electrons. The van der Waals surface area contributed by atoms with E-state index in [-0.39, 0.29) is 28.3 Å². The number of aromatic nitrogens is 1. The fourth-order valence-corrected chi connectivity index (χ4v) is 3.84. The molecule has 1 aliphatic rings. The van der Waals surface area contributed by atoms with E-state index < -0.39 is 11.4 Å². The summed E-state index contributed by atoms with van der Waals surface area (Å²) in [5.41, 5.74) is 0.623. The van der Waals surface area contributed by atoms with E-state index in [1.165, 1.54) is 12.3 Å². The predicted molar refractivity (Wildman–Crippen MR) is 107 cm³/mol. The van der Waals surface area contributed by atoms with Crippen LogP contribution in [-0.2, 0) is 9.53 Å². The highest BCUT2D eigenvalue weighted by Gasteiger charge is 2.35. The van der Waals surface area contributed by atoms with Gasteiger partial charge in [-0.1, -0.05) is 18.5 Å². The summed E-state index contributed by atoms with van der Waals surface area (Å²) >= 11 is 5.88. The van der Waals surface area contributed by atoms with Crippen molar-refractivity contribution in [3.8, 4) is 6.07 Å². The Balaban J connectivity index is 1.94. The van der Waals surface area contributed by atoms with Gasteiger partial charge in [-0.05, 0) is 45.2 Å². The molecule has 2 aromatic rings. The molecule has 1 aliphatic heterocycles. The minimum absolute atomic E-state index is 0.00680. The normalized spacial score (nSPS) is 20.1. The van der Waals surface area contributed by atoms with Gasteiger partial charge in [-0.25, -0.2) is 4.39 Å². The Morgan fingerprint density at radius 2 is 2.14 bits per heavy atom. The van der Waals surface area contributed by atoms with Gasteiger partial charge in [0, 0.05) is 24.7 Å². The molecular formula is C21H23ClFN3O2. The molecule has 0 aliphatic carbocycles. The summed E-state index contributed by atoms with van der Waals surface area (Å²) < 4.78 is 20.0. The van der Waals surface area contributed by atoms with Crippen molar-refractivity contribution in [2.45, 2.75) is 39.7 Å². The number of ether oxygens (including phenoxy) is 1. The zero-order valence-corrected chi connectivity index (χ0v) is 17.2. The van der Waals surface area contributed by atoms with Crippen molar-refractivity contribution in [1.29, 1.82) is 5.26 Å². The van der Waals surface area contributed by atoms with Gasteiger partial charge in [-0.15, -0.1) is 0 Å². The molecule has 7 heteroatoms. The highest BCUT2D eigenvalue weighted by Crippen LogP contribution is 2.36. The van der Waals surface area contributed by atoms with Crippen molar-refractivity contribution in [3.05, 3.63) is 34.7 Å². The number of halogens is 2. The minimum atomic E-state index is -0.596. The van der Waals surface area contributed by atoms with Crippen LogP contribution in [0.4, 0.5) is 10.1 Å². The van der Waals surface area contributed by atoms with Crippen LogP contribution in [0, 0.1) is 29.0 Å². The van der Waals surface area contributed by atoms with E-state index in [0.29, 0.717) is 36.1 Å². The fourth-order valence-electron chi connectivity index (χ4n) is 3.69. The molecule has 1 saturated heterocycles. The maximum Gasteiger partial charge on any atom is 0.309 e. The number of piperidine rings is 1. The number of esters is 1. The second-order valence-corrected chi connectivity index (χ2v) is 8.65. The Hall–Kier alpha value is -2.39. The number of hydrogen-bond acceptors (Lipinski definition) is 5. The lowest BCUT2D eigenvalue weighted by molar-refractivity contribution is -0.162. The molecule has 2 heterocycles. The number of anilines is 1. The smallest absolute Gasteiger partial charge is 0.309 e. The average Bonchev–Trinajstić information content (AvgIpc) is 2.62. The van der Waals surface area contributed by atoms with Crippen molar-refractivity contribution in [3.63, 3.8) is 0 Å². The Morgan fingerprint density at radius 1 is 1.43 bits per heavy atom. The molecule has 1 aromatic carbocycles. The zero-order valence-electron chi connectivity index (χ0n) is 16.4. The molecule has 1 fully saturated rings. The van der Waals surface area contributed by atoms with Crippen LogP contribution in [0.1, 0.15) is 39.7 Å². The third-order valence-corrected chi connectivity index (χ3v) is 5.25. The SMILES string of the molecule is C[C@H]1CN(c2c(C#N)cnc3c(F)c(Cl)ccc23)CC[C@H]1C(=O)OC(C)(C)C. The first-order chi connectivity index (χ1) is 13.1. The predicted octanol–water partition coefficient (Wildman–Crippen LogP) is 4.70. The summed E-state index contributed by atoms with van der Waals surface area (Å²) in [6.45, 7) is 8.67. The molecular weight excluding hydrogens is 381 g/mol. The van der Waals surface area contributed by atoms with Crippen LogP contribution >= 0.6 is 11.6 Å². The highest BCUT2D eigenvalue weighted by molar-refractivity contribution is 6.31. The third-order valence-electron chi connectivity index (χ3n) is 4.95. The standard InChI is InChI=1S/C21H23ClFN3O2/c1-12-11-26(8-7-14(12)20(27)28-21(2,3)4)19-13(9-24)10-25-18-15(19)5-6-16(22)17(18)23/h5-6,10,12,14H,7-8,11H2,1-4H3/t12-,14+/m0/s1. The summed E-state index contributed by atoms with van der Waals surface area (Å²) in [4.78, 5) is 18.6. The molecule has 3 rings (SSSR count). The number of carbonyl (C=O) groups excluding carboxylic acids is 1. The second kappa shape index (κ2) is 7.56. The number of rotatable bonds is 2. The first kappa shape index (κ1) is 20.3. The van der Waals surface area contributed by atoms with Crippen LogP contribution in [0.25, 0.3) is 10.9 Å². The molecule has 0 N–H and O–H groups in total. The molecule has 0 unspecified atom stereocenters. The van der Waals surface area contributed by atoms with E-state index in [9.17, 15) is 14.4 Å². The Labute approximate surface area is 169 Å². The lowest BCUT2D eigenvalue weighted by Gasteiger charge is -2.38. The van der Waals surface area contributed by atoms with Gasteiger partial charge in [0.2, 0.25) is 0 Å². The van der Waals surface area contributed by atoms with Gasteiger partial charge in [0.05, 0.1) is 22.2 Å². The minimum Gasteiger partial charge on any atom is -0.460 e. The van der Waals surface area contributed by atoms with Crippen LogP contribution in [-0.4, -0.2) is 29.6 Å². The monoisotopic (exact) mass is 403 g/mol. The van der Waals surface area contributed by atoms with Crippen molar-refractivity contribution >= 4 is 34.2 Å². The van der Waals surface area contributed by atoms with Gasteiger partial charge in [0.25, 0.3) is 0 Å². The first-order valence-corrected chi connectivity index (χ1v) is 9.64. The molecule has 1 aromatic heterocycles. The van der Waals surface area contributed by atoms with Gasteiger partial charge in [-0.2, -0.15) is 5.26 Å². The number of carbonyl (C=O) groups is 1. The molecule has 148 valence electrons. The number of nitriles is 1. The quantitative estimate of drug-likeness (QED) is 0.680. The van der Waals surface area contributed by atoms with E-state index in [2.05, 4.69) is 11.1 Å². The number of benzene rings is 1. The van der Waals surface area contributed by atoms with Crippen LogP contribution in [0.15, 0.2) is 18.3 Å². The summed E-state index contributed by atoms with van der Waals surface area (Å²) in [7, 11) is 0. The summed E-state index contributed by atoms with van der Waals surface area (Å²) in [5, 5.41) is 10.1. The first-order valence-electron chi connectivity index (χ1n) is 9.27. The lowest BCUT2D eigenvalue weighted by Crippen LogP contribution is -2.44. The van der Waals surface area contributed by atoms with Crippen molar-refractivity contribution in [1.82, 2.24) is 4.98 Å². The van der Waals surface area contributed by atoms with Gasteiger partial charge in [-0.3, -0.25) is 9.78 Å². The van der Waals surface area contributed by atoms with E-state index in [1.807, 2.05) is 32.6 Å². The topological polar surface area (TPSA) is 66.2 Å². The molecule has 28 heavy (non-hydrogen) atoms. The van der Waals surface area contributed by atoms with Crippen molar-refractivity contribution < 1.29 is 13.9 Å².